The van der Waals surface area contributed by atoms with Crippen molar-refractivity contribution in [3.63, 3.8) is 0 Å². The maximum Gasteiger partial charge on any atom is 0.286 e. The van der Waals surface area contributed by atoms with Gasteiger partial charge in [-0.1, -0.05) is 104 Å². The minimum Gasteiger partial charge on any atom is -0.297 e. The van der Waals surface area contributed by atoms with Crippen LogP contribution in [0, 0.1) is 0 Å². The van der Waals surface area contributed by atoms with Crippen molar-refractivity contribution in [2.24, 2.45) is 14.1 Å². The molecule has 286 valence electrons. The Kier molecular flexibility index (Phi) is 12.3. The van der Waals surface area contributed by atoms with E-state index in [9.17, 15) is 9.59 Å². The normalized spacial score (nSPS) is 19.2. The second-order valence-corrected chi connectivity index (χ2v) is 16.8. The van der Waals surface area contributed by atoms with Gasteiger partial charge in [-0.05, 0) is 112 Å². The van der Waals surface area contributed by atoms with Crippen molar-refractivity contribution in [3.8, 4) is 11.4 Å². The third-order valence-electron chi connectivity index (χ3n) is 11.4. The molecule has 10 heteroatoms. The van der Waals surface area contributed by atoms with Crippen molar-refractivity contribution in [2.45, 2.75) is 57.0 Å². The molecule has 2 aliphatic heterocycles. The minimum atomic E-state index is -0.00784. The molecule has 8 rings (SSSR count). The van der Waals surface area contributed by atoms with Gasteiger partial charge in [-0.3, -0.25) is 28.8 Å². The lowest BCUT2D eigenvalue weighted by atomic mass is 9.76. The third-order valence-corrected chi connectivity index (χ3v) is 13.0. The first kappa shape index (κ1) is 39.0. The number of rotatable bonds is 8. The third kappa shape index (κ3) is 8.48. The number of para-hydroxylation sites is 2. The number of benzene rings is 4. The highest BCUT2D eigenvalue weighted by molar-refractivity contribution is 9.10. The molecule has 6 aromatic rings. The average Bonchev–Trinajstić information content (AvgIpc) is 3.56. The average molecular weight is 867 g/mol. The second-order valence-electron chi connectivity index (χ2n) is 15.2. The van der Waals surface area contributed by atoms with Crippen LogP contribution in [-0.4, -0.2) is 54.7 Å². The molecule has 55 heavy (non-hydrogen) atoms. The number of hydrogen-bond donors (Lipinski definition) is 0. The van der Waals surface area contributed by atoms with E-state index >= 15 is 0 Å². The summed E-state index contributed by atoms with van der Waals surface area (Å²) in [4.78, 5) is 30.6. The lowest BCUT2D eigenvalue weighted by molar-refractivity contribution is 0.146. The highest BCUT2D eigenvalue weighted by Gasteiger charge is 2.33. The van der Waals surface area contributed by atoms with Crippen molar-refractivity contribution in [1.82, 2.24) is 28.5 Å². The van der Waals surface area contributed by atoms with Crippen LogP contribution >= 0.6 is 31.9 Å². The number of halogens is 2. The smallest absolute Gasteiger partial charge is 0.286 e. The molecule has 0 saturated carbocycles. The number of likely N-dealkylation sites (tertiary alicyclic amines) is 2. The Labute approximate surface area is 340 Å². The molecular formula is C45H50Br2N6O2. The highest BCUT2D eigenvalue weighted by Crippen LogP contribution is 2.35. The van der Waals surface area contributed by atoms with Crippen molar-refractivity contribution in [2.75, 3.05) is 26.2 Å². The Balaban J connectivity index is 0.000000169. The molecule has 0 amide bonds. The van der Waals surface area contributed by atoms with Crippen molar-refractivity contribution < 1.29 is 0 Å². The lowest BCUT2D eigenvalue weighted by Gasteiger charge is -2.41. The van der Waals surface area contributed by atoms with Crippen molar-refractivity contribution >= 4 is 31.9 Å². The summed E-state index contributed by atoms with van der Waals surface area (Å²) in [5.74, 6) is 0.562. The molecule has 0 radical (unpaired) electrons. The molecular weight excluding hydrogens is 816 g/mol. The molecule has 2 aliphatic rings. The fourth-order valence-electron chi connectivity index (χ4n) is 8.47. The SMILES string of the molecule is Cn1c(CN2CCCC(C)(c3ccccc3)C2)c(Br)c(=O)n1-c1ccccc1.Cn1c(CN2CCCC(c3ccccc3)C2)c(Br)c(=O)n1-c1ccccc1. The topological polar surface area (TPSA) is 60.3 Å². The van der Waals surface area contributed by atoms with E-state index in [1.165, 1.54) is 30.4 Å². The van der Waals surface area contributed by atoms with E-state index < -0.39 is 0 Å². The quantitative estimate of drug-likeness (QED) is 0.154. The Bertz CT molecular complexity index is 2300. The summed E-state index contributed by atoms with van der Waals surface area (Å²) in [7, 11) is 3.93. The Morgan fingerprint density at radius 1 is 0.618 bits per heavy atom. The van der Waals surface area contributed by atoms with Crippen molar-refractivity contribution in [3.05, 3.63) is 173 Å². The molecule has 0 N–H and O–H groups in total. The Morgan fingerprint density at radius 2 is 1.07 bits per heavy atom. The molecule has 0 bridgehead atoms. The Hall–Kier alpha value is -4.22. The van der Waals surface area contributed by atoms with Crippen LogP contribution in [0.5, 0.6) is 0 Å². The number of nitrogens with zero attached hydrogens (tertiary/aromatic N) is 6. The first-order valence-corrected chi connectivity index (χ1v) is 20.8. The molecule has 4 heterocycles. The molecule has 0 aliphatic carbocycles. The van der Waals surface area contributed by atoms with Crippen molar-refractivity contribution in [1.29, 1.82) is 0 Å². The maximum atomic E-state index is 12.9. The first-order chi connectivity index (χ1) is 26.6. The van der Waals surface area contributed by atoms with Gasteiger partial charge in [0.05, 0.1) is 22.8 Å². The van der Waals surface area contributed by atoms with Crippen LogP contribution in [0.1, 0.15) is 61.0 Å². The van der Waals surface area contributed by atoms with Gasteiger partial charge in [0.1, 0.15) is 8.95 Å². The summed E-state index contributed by atoms with van der Waals surface area (Å²) in [5.41, 5.74) is 6.76. The van der Waals surface area contributed by atoms with Gasteiger partial charge in [-0.15, -0.1) is 0 Å². The van der Waals surface area contributed by atoms with E-state index in [-0.39, 0.29) is 16.5 Å². The van der Waals surface area contributed by atoms with Gasteiger partial charge in [0.15, 0.2) is 0 Å². The summed E-state index contributed by atoms with van der Waals surface area (Å²) >= 11 is 7.12. The largest absolute Gasteiger partial charge is 0.297 e. The zero-order chi connectivity index (χ0) is 38.5. The molecule has 2 fully saturated rings. The molecule has 8 nitrogen and oxygen atoms in total. The van der Waals surface area contributed by atoms with Gasteiger partial charge >= 0.3 is 0 Å². The molecule has 2 saturated heterocycles. The van der Waals surface area contributed by atoms with Crippen LogP contribution in [-0.2, 0) is 32.6 Å². The van der Waals surface area contributed by atoms with E-state index in [0.29, 0.717) is 14.9 Å². The number of aromatic nitrogens is 4. The van der Waals surface area contributed by atoms with Crippen LogP contribution in [0.25, 0.3) is 11.4 Å². The van der Waals surface area contributed by atoms with Crippen LogP contribution < -0.4 is 11.1 Å². The first-order valence-electron chi connectivity index (χ1n) is 19.2. The van der Waals surface area contributed by atoms with Gasteiger partial charge in [0.25, 0.3) is 11.1 Å². The minimum absolute atomic E-state index is 0.00433. The summed E-state index contributed by atoms with van der Waals surface area (Å²) < 4.78 is 8.75. The van der Waals surface area contributed by atoms with E-state index in [4.69, 9.17) is 0 Å². The lowest BCUT2D eigenvalue weighted by Crippen LogP contribution is -2.44. The summed E-state index contributed by atoms with van der Waals surface area (Å²) in [6.45, 7) is 8.04. The summed E-state index contributed by atoms with van der Waals surface area (Å²) in [6, 6.07) is 41.2. The van der Waals surface area contributed by atoms with E-state index in [0.717, 1.165) is 68.5 Å². The number of piperidine rings is 2. The van der Waals surface area contributed by atoms with Crippen LogP contribution in [0.15, 0.2) is 140 Å². The van der Waals surface area contributed by atoms with E-state index in [2.05, 4.69) is 109 Å². The fourth-order valence-corrected chi connectivity index (χ4v) is 9.57. The Morgan fingerprint density at radius 3 is 1.60 bits per heavy atom. The fraction of sp³-hybridized carbons (Fsp3) is 0.333. The molecule has 0 spiro atoms. The summed E-state index contributed by atoms with van der Waals surface area (Å²) in [5, 5.41) is 0. The van der Waals surface area contributed by atoms with Gasteiger partial charge in [0.2, 0.25) is 0 Å². The summed E-state index contributed by atoms with van der Waals surface area (Å²) in [6.07, 6.45) is 4.77. The zero-order valence-corrected chi connectivity index (χ0v) is 35.1. The van der Waals surface area contributed by atoms with Gasteiger partial charge in [0, 0.05) is 45.7 Å². The van der Waals surface area contributed by atoms with Gasteiger partial charge in [-0.2, -0.15) is 0 Å². The van der Waals surface area contributed by atoms with Crippen LogP contribution in [0.3, 0.4) is 0 Å². The second kappa shape index (κ2) is 17.3. The molecule has 2 unspecified atom stereocenters. The molecule has 4 aromatic carbocycles. The zero-order valence-electron chi connectivity index (χ0n) is 32.0. The monoisotopic (exact) mass is 864 g/mol. The number of hydrogen-bond acceptors (Lipinski definition) is 4. The molecule has 2 aromatic heterocycles. The van der Waals surface area contributed by atoms with E-state index in [1.54, 1.807) is 9.36 Å². The van der Waals surface area contributed by atoms with Gasteiger partial charge in [-0.25, -0.2) is 9.36 Å². The predicted molar refractivity (Wildman–Crippen MR) is 229 cm³/mol. The van der Waals surface area contributed by atoms with Gasteiger partial charge < -0.3 is 0 Å². The maximum absolute atomic E-state index is 12.9. The highest BCUT2D eigenvalue weighted by atomic mass is 79.9. The van der Waals surface area contributed by atoms with Crippen LogP contribution in [0.4, 0.5) is 0 Å². The molecule has 2 atom stereocenters. The van der Waals surface area contributed by atoms with Crippen LogP contribution in [0.2, 0.25) is 0 Å². The van der Waals surface area contributed by atoms with E-state index in [1.807, 2.05) is 84.1 Å². The predicted octanol–water partition coefficient (Wildman–Crippen LogP) is 8.81. The standard InChI is InChI=1S/C23H26BrN3O.C22H24BrN3O/c1-23(18-10-5-3-6-11-18)14-9-15-26(17-23)16-20-21(24)22(28)27(25(20)2)19-12-7-4-8-13-19;1-24-20(21(23)22(27)26(24)19-12-6-3-7-13-19)16-25-14-8-11-18(15-25)17-9-4-2-5-10-17/h3-8,10-13H,9,14-17H2,1-2H3;2-7,9-10,12-13,18H,8,11,14-16H2,1H3.